The summed E-state index contributed by atoms with van der Waals surface area (Å²) in [6.45, 7) is 2.66. The van der Waals surface area contributed by atoms with Gasteiger partial charge in [0.05, 0.1) is 12.6 Å². The van der Waals surface area contributed by atoms with Gasteiger partial charge < -0.3 is 15.0 Å². The maximum Gasteiger partial charge on any atom is 0.263 e. The number of aromatic nitrogens is 2. The molecular formula is C32H28F2N4O2. The average Bonchev–Trinajstić information content (AvgIpc) is 2.98. The lowest BCUT2D eigenvalue weighted by Crippen LogP contribution is -2.17. The smallest absolute Gasteiger partial charge is 0.263 e. The molecule has 0 aliphatic heterocycles. The first kappa shape index (κ1) is 26.7. The Labute approximate surface area is 231 Å². The summed E-state index contributed by atoms with van der Waals surface area (Å²) in [4.78, 5) is 24.1. The van der Waals surface area contributed by atoms with Crippen molar-refractivity contribution in [2.75, 3.05) is 24.4 Å². The molecule has 0 aliphatic rings. The van der Waals surface area contributed by atoms with Crippen LogP contribution in [0.3, 0.4) is 0 Å². The fourth-order valence-corrected chi connectivity index (χ4v) is 4.48. The van der Waals surface area contributed by atoms with Crippen molar-refractivity contribution in [1.82, 2.24) is 9.97 Å². The third-order valence-electron chi connectivity index (χ3n) is 6.73. The van der Waals surface area contributed by atoms with Crippen molar-refractivity contribution >= 4 is 28.3 Å². The topological polar surface area (TPSA) is 67.3 Å². The number of pyridine rings is 2. The van der Waals surface area contributed by atoms with Crippen LogP contribution in [0.25, 0.3) is 22.0 Å². The Kier molecular flexibility index (Phi) is 7.68. The molecule has 6 nitrogen and oxygen atoms in total. The van der Waals surface area contributed by atoms with E-state index in [0.717, 1.165) is 44.7 Å². The van der Waals surface area contributed by atoms with Gasteiger partial charge in [-0.05, 0) is 66.1 Å². The minimum absolute atomic E-state index is 0.172. The van der Waals surface area contributed by atoms with Crippen LogP contribution in [0, 0.1) is 6.92 Å². The summed E-state index contributed by atoms with van der Waals surface area (Å²) in [5, 5.41) is 3.70. The van der Waals surface area contributed by atoms with E-state index in [1.807, 2.05) is 68.7 Å². The van der Waals surface area contributed by atoms with Crippen LogP contribution in [0.1, 0.15) is 33.5 Å². The van der Waals surface area contributed by atoms with Gasteiger partial charge in [-0.15, -0.1) is 0 Å². The number of carbonyl (C=O) groups excluding carboxylic acids is 1. The zero-order valence-electron chi connectivity index (χ0n) is 22.4. The highest BCUT2D eigenvalue weighted by molar-refractivity contribution is 6.04. The van der Waals surface area contributed by atoms with Gasteiger partial charge in [0.2, 0.25) is 0 Å². The number of nitrogens with one attached hydrogen (secondary N) is 1. The molecule has 40 heavy (non-hydrogen) atoms. The molecule has 5 rings (SSSR count). The summed E-state index contributed by atoms with van der Waals surface area (Å²) in [5.41, 5.74) is 5.27. The molecule has 0 saturated carbocycles. The normalized spacial score (nSPS) is 11.1. The van der Waals surface area contributed by atoms with Gasteiger partial charge >= 0.3 is 0 Å². The molecule has 0 radical (unpaired) electrons. The monoisotopic (exact) mass is 538 g/mol. The molecule has 2 heterocycles. The molecule has 3 aromatic carbocycles. The predicted octanol–water partition coefficient (Wildman–Crippen LogP) is 7.44. The number of carbonyl (C=O) groups is 1. The number of methoxy groups -OCH3 is 1. The van der Waals surface area contributed by atoms with Crippen molar-refractivity contribution in [2.24, 2.45) is 0 Å². The third-order valence-corrected chi connectivity index (χ3v) is 6.73. The fraction of sp³-hybridized carbons (Fsp3) is 0.156. The van der Waals surface area contributed by atoms with Crippen LogP contribution in [0.5, 0.6) is 5.75 Å². The Morgan fingerprint density at radius 2 is 1.77 bits per heavy atom. The molecule has 0 aliphatic carbocycles. The van der Waals surface area contributed by atoms with Crippen molar-refractivity contribution in [3.63, 3.8) is 0 Å². The standard InChI is InChI=1S/C32H28F2N4O2/c1-20-7-10-26(37-32(39)23-6-4-5-22(13-23)31(33)34)15-28(20)24-14-25-18-36-30(16-29(25)35-17-24)38(2)19-21-8-11-27(40-3)12-9-21/h4-18,31H,19H2,1-3H3,(H,37,39). The van der Waals surface area contributed by atoms with Gasteiger partial charge in [0, 0.05) is 59.8 Å². The molecule has 1 N–H and O–H groups in total. The molecule has 0 bridgehead atoms. The van der Waals surface area contributed by atoms with E-state index in [1.165, 1.54) is 24.3 Å². The lowest BCUT2D eigenvalue weighted by atomic mass is 10.00. The molecule has 0 unspecified atom stereocenters. The third kappa shape index (κ3) is 5.91. The van der Waals surface area contributed by atoms with Gasteiger partial charge in [-0.3, -0.25) is 9.78 Å². The van der Waals surface area contributed by atoms with E-state index in [0.29, 0.717) is 12.2 Å². The number of hydrogen-bond acceptors (Lipinski definition) is 5. The van der Waals surface area contributed by atoms with Crippen LogP contribution >= 0.6 is 0 Å². The van der Waals surface area contributed by atoms with Crippen LogP contribution in [0.15, 0.2) is 91.3 Å². The first-order valence-corrected chi connectivity index (χ1v) is 12.7. The number of benzene rings is 3. The number of aryl methyl sites for hydroxylation is 1. The number of halogens is 2. The molecule has 0 fully saturated rings. The van der Waals surface area contributed by atoms with Gasteiger partial charge in [0.25, 0.3) is 12.3 Å². The number of amides is 1. The number of alkyl halides is 2. The number of ether oxygens (including phenoxy) is 1. The average molecular weight is 539 g/mol. The molecule has 202 valence electrons. The summed E-state index contributed by atoms with van der Waals surface area (Å²) >= 11 is 0. The van der Waals surface area contributed by atoms with E-state index in [1.54, 1.807) is 19.4 Å². The van der Waals surface area contributed by atoms with E-state index in [9.17, 15) is 13.6 Å². The Hall–Kier alpha value is -4.85. The first-order chi connectivity index (χ1) is 19.3. The lowest BCUT2D eigenvalue weighted by molar-refractivity contribution is 0.102. The molecule has 0 saturated heterocycles. The molecule has 8 heteroatoms. The molecular weight excluding hydrogens is 510 g/mol. The van der Waals surface area contributed by atoms with Crippen LogP contribution in [0.2, 0.25) is 0 Å². The number of nitrogens with zero attached hydrogens (tertiary/aromatic N) is 3. The highest BCUT2D eigenvalue weighted by Crippen LogP contribution is 2.30. The van der Waals surface area contributed by atoms with E-state index >= 15 is 0 Å². The Bertz CT molecular complexity index is 1670. The van der Waals surface area contributed by atoms with Crippen LogP contribution in [0.4, 0.5) is 20.3 Å². The zero-order valence-corrected chi connectivity index (χ0v) is 22.4. The second-order valence-corrected chi connectivity index (χ2v) is 9.57. The van der Waals surface area contributed by atoms with Gasteiger partial charge in [0.1, 0.15) is 11.6 Å². The number of anilines is 2. The minimum atomic E-state index is -2.64. The highest BCUT2D eigenvalue weighted by atomic mass is 19.3. The minimum Gasteiger partial charge on any atom is -0.497 e. The van der Waals surface area contributed by atoms with E-state index in [2.05, 4.69) is 15.2 Å². The summed E-state index contributed by atoms with van der Waals surface area (Å²) < 4.78 is 31.4. The number of fused-ring (bicyclic) bond motifs is 1. The maximum atomic E-state index is 13.1. The SMILES string of the molecule is COc1ccc(CN(C)c2cc3ncc(-c4cc(NC(=O)c5cccc(C(F)F)c5)ccc4C)cc3cn2)cc1. The summed E-state index contributed by atoms with van der Waals surface area (Å²) in [7, 11) is 3.63. The van der Waals surface area contributed by atoms with Crippen molar-refractivity contribution in [2.45, 2.75) is 19.9 Å². The van der Waals surface area contributed by atoms with Crippen molar-refractivity contribution in [3.05, 3.63) is 114 Å². The molecule has 0 atom stereocenters. The van der Waals surface area contributed by atoms with Crippen molar-refractivity contribution in [1.29, 1.82) is 0 Å². The number of rotatable bonds is 8. The maximum absolute atomic E-state index is 13.1. The van der Waals surface area contributed by atoms with E-state index in [4.69, 9.17) is 9.72 Å². The molecule has 5 aromatic rings. The summed E-state index contributed by atoms with van der Waals surface area (Å²) in [5.74, 6) is 1.17. The van der Waals surface area contributed by atoms with Gasteiger partial charge in [-0.25, -0.2) is 13.8 Å². The largest absolute Gasteiger partial charge is 0.497 e. The number of hydrogen-bond donors (Lipinski definition) is 1. The second-order valence-electron chi connectivity index (χ2n) is 9.57. The Balaban J connectivity index is 1.35. The highest BCUT2D eigenvalue weighted by Gasteiger charge is 2.13. The Morgan fingerprint density at radius 3 is 2.52 bits per heavy atom. The molecule has 0 spiro atoms. The fourth-order valence-electron chi connectivity index (χ4n) is 4.48. The van der Waals surface area contributed by atoms with Crippen molar-refractivity contribution < 1.29 is 18.3 Å². The predicted molar refractivity (Wildman–Crippen MR) is 154 cm³/mol. The summed E-state index contributed by atoms with van der Waals surface area (Å²) in [6.07, 6.45) is 0.969. The van der Waals surface area contributed by atoms with Crippen LogP contribution in [-0.2, 0) is 6.54 Å². The van der Waals surface area contributed by atoms with E-state index in [-0.39, 0.29) is 11.1 Å². The zero-order chi connectivity index (χ0) is 28.2. The Morgan fingerprint density at radius 1 is 0.975 bits per heavy atom. The van der Waals surface area contributed by atoms with Gasteiger partial charge in [0.15, 0.2) is 0 Å². The quantitative estimate of drug-likeness (QED) is 0.222. The first-order valence-electron chi connectivity index (χ1n) is 12.7. The van der Waals surface area contributed by atoms with Gasteiger partial charge in [-0.2, -0.15) is 0 Å². The van der Waals surface area contributed by atoms with Crippen LogP contribution < -0.4 is 15.0 Å². The van der Waals surface area contributed by atoms with Gasteiger partial charge in [-0.1, -0.05) is 30.3 Å². The lowest BCUT2D eigenvalue weighted by Gasteiger charge is -2.19. The van der Waals surface area contributed by atoms with Crippen molar-refractivity contribution in [3.8, 4) is 16.9 Å². The summed E-state index contributed by atoms with van der Waals surface area (Å²) in [6, 6.07) is 22.9. The van der Waals surface area contributed by atoms with Crippen LogP contribution in [-0.4, -0.2) is 30.0 Å². The second kappa shape index (κ2) is 11.5. The molecule has 2 aromatic heterocycles. The molecule has 1 amide bonds. The van der Waals surface area contributed by atoms with E-state index < -0.39 is 12.3 Å².